The number of aryl methyl sites for hydroxylation is 2. The molecule has 5 rings (SSSR count). The molecular weight excluding hydrogens is 656 g/mol. The average Bonchev–Trinajstić information content (AvgIpc) is 3.63. The summed E-state index contributed by atoms with van der Waals surface area (Å²) in [6, 6.07) is 10.0. The number of rotatable bonds is 14. The van der Waals surface area contributed by atoms with Crippen molar-refractivity contribution in [2.75, 3.05) is 42.7 Å². The molecule has 0 saturated carbocycles. The minimum atomic E-state index is -0.645. The van der Waals surface area contributed by atoms with E-state index in [1.54, 1.807) is 43.7 Å². The summed E-state index contributed by atoms with van der Waals surface area (Å²) in [6.07, 6.45) is 1.22. The number of hydrogen-bond donors (Lipinski definition) is 5. The summed E-state index contributed by atoms with van der Waals surface area (Å²) < 4.78 is 20.9. The lowest BCUT2D eigenvalue weighted by molar-refractivity contribution is 0.0525. The molecule has 0 fully saturated rings. The van der Waals surface area contributed by atoms with Crippen LogP contribution in [0.1, 0.15) is 85.1 Å². The van der Waals surface area contributed by atoms with E-state index >= 15 is 0 Å². The van der Waals surface area contributed by atoms with Gasteiger partial charge in [-0.25, -0.2) is 9.78 Å². The molecule has 1 aliphatic rings. The Morgan fingerprint density at radius 1 is 1.14 bits per heavy atom. The zero-order chi connectivity index (χ0) is 36.9. The van der Waals surface area contributed by atoms with Gasteiger partial charge in [0.25, 0.3) is 5.91 Å². The monoisotopic (exact) mass is 700 g/mol. The van der Waals surface area contributed by atoms with E-state index in [9.17, 15) is 19.6 Å². The highest BCUT2D eigenvalue weighted by Gasteiger charge is 2.29. The van der Waals surface area contributed by atoms with Crippen LogP contribution in [0.5, 0.6) is 11.5 Å². The number of alkyl carbamates (subject to hydrolysis) is 1. The Bertz CT molecular complexity index is 1990. The Morgan fingerprint density at radius 3 is 2.63 bits per heavy atom. The van der Waals surface area contributed by atoms with Gasteiger partial charge in [-0.1, -0.05) is 0 Å². The minimum absolute atomic E-state index is 0.201. The van der Waals surface area contributed by atoms with Crippen LogP contribution < -0.4 is 36.9 Å². The number of nitrogens with two attached hydrogens (primary N) is 2. The van der Waals surface area contributed by atoms with Crippen molar-refractivity contribution >= 4 is 46.3 Å². The van der Waals surface area contributed by atoms with Gasteiger partial charge in [0.2, 0.25) is 11.9 Å². The number of primary amides is 1. The lowest BCUT2D eigenvalue weighted by atomic mass is 10.1. The molecule has 0 saturated heterocycles. The Morgan fingerprint density at radius 2 is 1.92 bits per heavy atom. The molecule has 2 aromatic carbocycles. The quantitative estimate of drug-likeness (QED) is 0.0910. The van der Waals surface area contributed by atoms with Gasteiger partial charge in [-0.05, 0) is 78.1 Å². The van der Waals surface area contributed by atoms with Gasteiger partial charge < -0.3 is 40.9 Å². The van der Waals surface area contributed by atoms with E-state index in [0.29, 0.717) is 96.6 Å². The molecule has 1 atom stereocenters. The first-order chi connectivity index (χ1) is 24.3. The van der Waals surface area contributed by atoms with Crippen LogP contribution in [-0.2, 0) is 11.3 Å². The lowest BCUT2D eigenvalue weighted by Gasteiger charge is -2.27. The highest BCUT2D eigenvalue weighted by Crippen LogP contribution is 2.39. The molecule has 0 aliphatic carbocycles. The fourth-order valence-corrected chi connectivity index (χ4v) is 5.81. The number of nitrogens with one attached hydrogen (secondary N) is 3. The van der Waals surface area contributed by atoms with Crippen LogP contribution in [0.15, 0.2) is 30.3 Å². The number of nitrogens with zero attached hydrogens (tertiary/aromatic N) is 5. The van der Waals surface area contributed by atoms with E-state index in [-0.39, 0.29) is 24.1 Å². The number of benzene rings is 2. The summed E-state index contributed by atoms with van der Waals surface area (Å²) >= 11 is 0. The average molecular weight is 701 g/mol. The first-order valence-electron chi connectivity index (χ1n) is 16.8. The molecule has 2 aromatic heterocycles. The number of amides is 3. The first kappa shape index (κ1) is 36.3. The van der Waals surface area contributed by atoms with Gasteiger partial charge in [0.1, 0.15) is 40.6 Å². The molecular formula is C35H44N10O6. The second-order valence-corrected chi connectivity index (χ2v) is 13.2. The maximum atomic E-state index is 13.4. The van der Waals surface area contributed by atoms with E-state index < -0.39 is 17.6 Å². The van der Waals surface area contributed by atoms with Crippen molar-refractivity contribution in [1.82, 2.24) is 24.6 Å². The summed E-state index contributed by atoms with van der Waals surface area (Å²) in [4.78, 5) is 42.1. The third-order valence-corrected chi connectivity index (χ3v) is 8.02. The Labute approximate surface area is 295 Å². The Hall–Kier alpha value is -5.98. The minimum Gasteiger partial charge on any atom is -0.491 e. The SMILES string of the molecule is CCn1nc(C)cc1C(=O)Nc1nc2cc(C#N)cc3c2n1[C@@H](CCCNc1c(N)cc(C(N)=O)cc1OCCCNC(=O)OC(C)(C)C)CO3. The number of aromatic nitrogens is 4. The van der Waals surface area contributed by atoms with Gasteiger partial charge in [-0.3, -0.25) is 19.6 Å². The lowest BCUT2D eigenvalue weighted by Crippen LogP contribution is -2.33. The fraction of sp³-hybridized carbons (Fsp3) is 0.429. The molecule has 3 amide bonds. The Kier molecular flexibility index (Phi) is 10.9. The Balaban J connectivity index is 1.28. The standard InChI is InChI=1S/C35H44N10O6/c1-6-44-26(13-20(2)43-44)32(47)42-33-41-25-14-21(18-36)15-28-30(25)45(33)23(19-50-28)9-7-10-39-29-24(37)16-22(31(38)46)17-27(29)49-12-8-11-40-34(48)51-35(3,4)5/h13-17,23,39H,6-12,19,37H2,1-5H3,(H2,38,46)(H,40,48)(H,41,42,47)/t23-/m0/s1. The summed E-state index contributed by atoms with van der Waals surface area (Å²) in [6.45, 7) is 10.9. The molecule has 0 bridgehead atoms. The van der Waals surface area contributed by atoms with Crippen LogP contribution in [0.2, 0.25) is 0 Å². The van der Waals surface area contributed by atoms with E-state index in [4.69, 9.17) is 30.7 Å². The third kappa shape index (κ3) is 8.61. The number of anilines is 3. The van der Waals surface area contributed by atoms with E-state index in [2.05, 4.69) is 27.1 Å². The number of carbonyl (C=O) groups excluding carboxylic acids is 3. The molecule has 51 heavy (non-hydrogen) atoms. The van der Waals surface area contributed by atoms with Crippen LogP contribution in [-0.4, -0.2) is 69.1 Å². The fourth-order valence-electron chi connectivity index (χ4n) is 5.81. The zero-order valence-corrected chi connectivity index (χ0v) is 29.5. The number of ether oxygens (including phenoxy) is 3. The van der Waals surface area contributed by atoms with Gasteiger partial charge in [0.15, 0.2) is 0 Å². The van der Waals surface area contributed by atoms with E-state index in [1.807, 2.05) is 18.4 Å². The second-order valence-electron chi connectivity index (χ2n) is 13.2. The topological polar surface area (TPSA) is 226 Å². The molecule has 4 aromatic rings. The zero-order valence-electron chi connectivity index (χ0n) is 29.5. The van der Waals surface area contributed by atoms with E-state index in [1.165, 1.54) is 12.1 Å². The van der Waals surface area contributed by atoms with Crippen LogP contribution >= 0.6 is 0 Å². The van der Waals surface area contributed by atoms with Crippen molar-refractivity contribution in [3.63, 3.8) is 0 Å². The van der Waals surface area contributed by atoms with Crippen molar-refractivity contribution in [3.8, 4) is 17.6 Å². The molecule has 16 heteroatoms. The molecule has 0 spiro atoms. The summed E-state index contributed by atoms with van der Waals surface area (Å²) in [5, 5.41) is 23.0. The number of nitrogen functional groups attached to an aromatic ring is 1. The normalized spacial score (nSPS) is 13.6. The van der Waals surface area contributed by atoms with Gasteiger partial charge in [0.05, 0.1) is 41.2 Å². The van der Waals surface area contributed by atoms with Crippen molar-refractivity contribution < 1.29 is 28.6 Å². The molecule has 3 heterocycles. The highest BCUT2D eigenvalue weighted by atomic mass is 16.6. The van der Waals surface area contributed by atoms with Gasteiger partial charge in [-0.15, -0.1) is 0 Å². The van der Waals surface area contributed by atoms with Crippen LogP contribution in [0.3, 0.4) is 0 Å². The first-order valence-corrected chi connectivity index (χ1v) is 16.8. The second kappa shape index (κ2) is 15.3. The number of nitriles is 1. The molecule has 7 N–H and O–H groups in total. The summed E-state index contributed by atoms with van der Waals surface area (Å²) in [5.41, 5.74) is 15.0. The van der Waals surface area contributed by atoms with E-state index in [0.717, 1.165) is 5.69 Å². The highest BCUT2D eigenvalue weighted by molar-refractivity contribution is 6.03. The van der Waals surface area contributed by atoms with Crippen molar-refractivity contribution in [3.05, 3.63) is 52.8 Å². The van der Waals surface area contributed by atoms with Crippen LogP contribution in [0, 0.1) is 18.3 Å². The predicted molar refractivity (Wildman–Crippen MR) is 191 cm³/mol. The predicted octanol–water partition coefficient (Wildman–Crippen LogP) is 4.49. The maximum Gasteiger partial charge on any atom is 0.407 e. The van der Waals surface area contributed by atoms with Gasteiger partial charge in [0, 0.05) is 31.3 Å². The van der Waals surface area contributed by atoms with Crippen molar-refractivity contribution in [2.45, 2.75) is 72.1 Å². The van der Waals surface area contributed by atoms with Gasteiger partial charge >= 0.3 is 6.09 Å². The van der Waals surface area contributed by atoms with Crippen LogP contribution in [0.25, 0.3) is 11.0 Å². The number of imidazole rings is 1. The molecule has 0 unspecified atom stereocenters. The summed E-state index contributed by atoms with van der Waals surface area (Å²) in [5.74, 6) is 0.227. The largest absolute Gasteiger partial charge is 0.491 e. The van der Waals surface area contributed by atoms with Gasteiger partial charge in [-0.2, -0.15) is 10.4 Å². The molecule has 16 nitrogen and oxygen atoms in total. The maximum absolute atomic E-state index is 13.4. The smallest absolute Gasteiger partial charge is 0.407 e. The molecule has 1 aliphatic heterocycles. The summed E-state index contributed by atoms with van der Waals surface area (Å²) in [7, 11) is 0. The van der Waals surface area contributed by atoms with Crippen LogP contribution in [0.4, 0.5) is 22.1 Å². The molecule has 0 radical (unpaired) electrons. The van der Waals surface area contributed by atoms with Crippen molar-refractivity contribution in [2.24, 2.45) is 5.73 Å². The number of hydrogen-bond acceptors (Lipinski definition) is 11. The molecule has 270 valence electrons. The van der Waals surface area contributed by atoms with Crippen molar-refractivity contribution in [1.29, 1.82) is 5.26 Å². The number of carbonyl (C=O) groups is 3. The third-order valence-electron chi connectivity index (χ3n) is 8.02.